The lowest BCUT2D eigenvalue weighted by Crippen LogP contribution is -2.48. The molecule has 4 heterocycles. The van der Waals surface area contributed by atoms with Crippen molar-refractivity contribution in [2.75, 3.05) is 55.7 Å². The molecular formula is C24H25FN6O5. The predicted molar refractivity (Wildman–Crippen MR) is 129 cm³/mol. The number of morpholine rings is 1. The van der Waals surface area contributed by atoms with Gasteiger partial charge in [0, 0.05) is 38.9 Å². The Hall–Kier alpha value is -4.03. The Morgan fingerprint density at radius 3 is 2.64 bits per heavy atom. The number of amides is 2. The van der Waals surface area contributed by atoms with Gasteiger partial charge < -0.3 is 30.3 Å². The number of hydrogen-bond acceptors (Lipinski definition) is 8. The SMILES string of the molecule is O=C(NCc1ccc(F)cc1)c1nc2c(N3CCNCC3=O)cc(N3CCOCC3)cn2c(=O)c1O. The van der Waals surface area contributed by atoms with E-state index in [0.717, 1.165) is 0 Å². The Kier molecular flexibility index (Phi) is 6.53. The van der Waals surface area contributed by atoms with Crippen molar-refractivity contribution in [2.45, 2.75) is 6.54 Å². The molecule has 2 aromatic heterocycles. The molecule has 0 unspecified atom stereocenters. The molecule has 188 valence electrons. The van der Waals surface area contributed by atoms with Crippen LogP contribution in [0.3, 0.4) is 0 Å². The first-order chi connectivity index (χ1) is 17.4. The van der Waals surface area contributed by atoms with Crippen molar-refractivity contribution in [3.05, 3.63) is 64.0 Å². The summed E-state index contributed by atoms with van der Waals surface area (Å²) in [5.41, 5.74) is 0.469. The Morgan fingerprint density at radius 1 is 1.17 bits per heavy atom. The molecule has 12 heteroatoms. The molecule has 5 rings (SSSR count). The number of rotatable bonds is 5. The van der Waals surface area contributed by atoms with E-state index in [-0.39, 0.29) is 24.6 Å². The fourth-order valence-corrected chi connectivity index (χ4v) is 4.28. The molecule has 2 fully saturated rings. The second-order valence-electron chi connectivity index (χ2n) is 8.52. The number of carbonyl (C=O) groups excluding carboxylic acids is 2. The van der Waals surface area contributed by atoms with E-state index in [1.165, 1.54) is 33.6 Å². The van der Waals surface area contributed by atoms with Gasteiger partial charge in [-0.05, 0) is 23.8 Å². The van der Waals surface area contributed by atoms with Crippen LogP contribution in [-0.2, 0) is 16.1 Å². The molecule has 2 saturated heterocycles. The minimum Gasteiger partial charge on any atom is -0.501 e. The highest BCUT2D eigenvalue weighted by Crippen LogP contribution is 2.29. The highest BCUT2D eigenvalue weighted by atomic mass is 19.1. The summed E-state index contributed by atoms with van der Waals surface area (Å²) >= 11 is 0. The number of aromatic nitrogens is 2. The maximum atomic E-state index is 13.2. The summed E-state index contributed by atoms with van der Waals surface area (Å²) in [6.45, 7) is 3.30. The molecule has 11 nitrogen and oxygen atoms in total. The average molecular weight is 496 g/mol. The van der Waals surface area contributed by atoms with Gasteiger partial charge in [0.25, 0.3) is 5.91 Å². The molecule has 0 saturated carbocycles. The van der Waals surface area contributed by atoms with Crippen molar-refractivity contribution in [2.24, 2.45) is 0 Å². The summed E-state index contributed by atoms with van der Waals surface area (Å²) in [5, 5.41) is 16.2. The third-order valence-electron chi connectivity index (χ3n) is 6.20. The van der Waals surface area contributed by atoms with Crippen LogP contribution in [0.5, 0.6) is 5.75 Å². The second-order valence-corrected chi connectivity index (χ2v) is 8.52. The van der Waals surface area contributed by atoms with Gasteiger partial charge in [-0.3, -0.25) is 18.8 Å². The Morgan fingerprint density at radius 2 is 1.92 bits per heavy atom. The van der Waals surface area contributed by atoms with Crippen LogP contribution in [0, 0.1) is 5.82 Å². The molecule has 36 heavy (non-hydrogen) atoms. The molecule has 2 aliphatic heterocycles. The molecule has 0 bridgehead atoms. The normalized spacial score (nSPS) is 16.4. The van der Waals surface area contributed by atoms with Crippen molar-refractivity contribution in [1.82, 2.24) is 20.0 Å². The van der Waals surface area contributed by atoms with Crippen LogP contribution >= 0.6 is 0 Å². The standard InChI is InChI=1S/C24H25FN6O5/c25-16-3-1-15(2-4-16)12-27-23(34)20-21(33)24(35)31-14-17(29-7-9-36-10-8-29)11-18(22(31)28-20)30-6-5-26-13-19(30)32/h1-4,11,14,26,33H,5-10,12-13H2,(H,27,34). The predicted octanol–water partition coefficient (Wildman–Crippen LogP) is 0.242. The number of anilines is 2. The van der Waals surface area contributed by atoms with Crippen molar-refractivity contribution in [1.29, 1.82) is 0 Å². The third kappa shape index (κ3) is 4.60. The fraction of sp³-hybridized carbons (Fsp3) is 0.333. The molecule has 3 aromatic rings. The number of nitrogens with one attached hydrogen (secondary N) is 2. The lowest BCUT2D eigenvalue weighted by molar-refractivity contribution is -0.118. The van der Waals surface area contributed by atoms with Gasteiger partial charge >= 0.3 is 5.56 Å². The fourth-order valence-electron chi connectivity index (χ4n) is 4.28. The zero-order valence-electron chi connectivity index (χ0n) is 19.4. The van der Waals surface area contributed by atoms with E-state index in [0.29, 0.717) is 56.3 Å². The molecular weight excluding hydrogens is 471 g/mol. The monoisotopic (exact) mass is 496 g/mol. The van der Waals surface area contributed by atoms with Crippen LogP contribution in [0.4, 0.5) is 15.8 Å². The van der Waals surface area contributed by atoms with E-state index in [1.54, 1.807) is 12.3 Å². The molecule has 1 aromatic carbocycles. The summed E-state index contributed by atoms with van der Waals surface area (Å²) in [5.74, 6) is -2.18. The molecule has 0 atom stereocenters. The summed E-state index contributed by atoms with van der Waals surface area (Å²) < 4.78 is 19.7. The van der Waals surface area contributed by atoms with Crippen LogP contribution < -0.4 is 26.0 Å². The van der Waals surface area contributed by atoms with Crippen LogP contribution in [0.2, 0.25) is 0 Å². The minimum absolute atomic E-state index is 0.0404. The summed E-state index contributed by atoms with van der Waals surface area (Å²) in [7, 11) is 0. The smallest absolute Gasteiger partial charge is 0.301 e. The quantitative estimate of drug-likeness (QED) is 0.459. The molecule has 0 aliphatic carbocycles. The van der Waals surface area contributed by atoms with E-state index in [9.17, 15) is 23.9 Å². The molecule has 0 radical (unpaired) electrons. The van der Waals surface area contributed by atoms with Gasteiger partial charge in [-0.2, -0.15) is 0 Å². The number of hydrogen-bond donors (Lipinski definition) is 3. The molecule has 2 amide bonds. The number of benzene rings is 1. The van der Waals surface area contributed by atoms with Gasteiger partial charge in [-0.25, -0.2) is 9.37 Å². The van der Waals surface area contributed by atoms with Crippen LogP contribution in [0.15, 0.2) is 41.3 Å². The number of piperazine rings is 1. The van der Waals surface area contributed by atoms with Gasteiger partial charge in [0.05, 0.1) is 31.1 Å². The number of carbonyl (C=O) groups is 2. The van der Waals surface area contributed by atoms with Crippen molar-refractivity contribution < 1.29 is 23.8 Å². The largest absolute Gasteiger partial charge is 0.501 e. The second kappa shape index (κ2) is 9.91. The van der Waals surface area contributed by atoms with Gasteiger partial charge in [0.15, 0.2) is 11.3 Å². The van der Waals surface area contributed by atoms with E-state index in [1.807, 2.05) is 4.90 Å². The zero-order chi connectivity index (χ0) is 25.2. The van der Waals surface area contributed by atoms with E-state index >= 15 is 0 Å². The van der Waals surface area contributed by atoms with E-state index in [2.05, 4.69) is 15.6 Å². The van der Waals surface area contributed by atoms with Crippen LogP contribution in [0.25, 0.3) is 5.65 Å². The zero-order valence-corrected chi connectivity index (χ0v) is 19.4. The Bertz CT molecular complexity index is 1370. The lowest BCUT2D eigenvalue weighted by atomic mass is 10.2. The van der Waals surface area contributed by atoms with Crippen molar-refractivity contribution in [3.8, 4) is 5.75 Å². The summed E-state index contributed by atoms with van der Waals surface area (Å²) in [4.78, 5) is 46.7. The highest BCUT2D eigenvalue weighted by molar-refractivity contribution is 6.00. The first-order valence-corrected chi connectivity index (χ1v) is 11.6. The van der Waals surface area contributed by atoms with Crippen molar-refractivity contribution >= 4 is 28.8 Å². The molecule has 2 aliphatic rings. The van der Waals surface area contributed by atoms with Gasteiger partial charge in [0.1, 0.15) is 5.82 Å². The number of halogens is 1. The first kappa shape index (κ1) is 23.7. The third-order valence-corrected chi connectivity index (χ3v) is 6.20. The van der Waals surface area contributed by atoms with E-state index < -0.39 is 28.7 Å². The Labute approximate surface area is 205 Å². The van der Waals surface area contributed by atoms with Crippen LogP contribution in [0.1, 0.15) is 16.1 Å². The summed E-state index contributed by atoms with van der Waals surface area (Å²) in [6.07, 6.45) is 1.55. The van der Waals surface area contributed by atoms with Gasteiger partial charge in [0.2, 0.25) is 11.7 Å². The maximum Gasteiger partial charge on any atom is 0.301 e. The van der Waals surface area contributed by atoms with Crippen molar-refractivity contribution in [3.63, 3.8) is 0 Å². The van der Waals surface area contributed by atoms with Gasteiger partial charge in [-0.15, -0.1) is 0 Å². The van der Waals surface area contributed by atoms with E-state index in [4.69, 9.17) is 4.74 Å². The van der Waals surface area contributed by atoms with Crippen LogP contribution in [-0.4, -0.2) is 72.2 Å². The first-order valence-electron chi connectivity index (χ1n) is 11.6. The molecule has 3 N–H and O–H groups in total. The van der Waals surface area contributed by atoms with Gasteiger partial charge in [-0.1, -0.05) is 12.1 Å². The topological polar surface area (TPSA) is 129 Å². The number of nitrogens with zero attached hydrogens (tertiary/aromatic N) is 4. The lowest BCUT2D eigenvalue weighted by Gasteiger charge is -2.32. The number of ether oxygens (including phenoxy) is 1. The number of aromatic hydroxyl groups is 1. The number of fused-ring (bicyclic) bond motifs is 1. The highest BCUT2D eigenvalue weighted by Gasteiger charge is 2.27. The number of pyridine rings is 1. The maximum absolute atomic E-state index is 13.2. The summed E-state index contributed by atoms with van der Waals surface area (Å²) in [6, 6.07) is 7.33. The Balaban J connectivity index is 1.57. The molecule has 0 spiro atoms. The minimum atomic E-state index is -0.828. The average Bonchev–Trinajstić information content (AvgIpc) is 2.90.